The van der Waals surface area contributed by atoms with Gasteiger partial charge in [0.15, 0.2) is 0 Å². The SMILES string of the molecule is Cc1cc(Cl)ccc1C(CN(C)CCCc1ccc(O)cc1)c1ccc(Cl)cc1. The van der Waals surface area contributed by atoms with Gasteiger partial charge in [0.05, 0.1) is 0 Å². The van der Waals surface area contributed by atoms with Crippen LogP contribution in [0, 0.1) is 6.92 Å². The number of hydrogen-bond donors (Lipinski definition) is 1. The minimum atomic E-state index is 0.253. The number of rotatable bonds is 8. The summed E-state index contributed by atoms with van der Waals surface area (Å²) in [6, 6.07) is 21.8. The molecule has 0 spiro atoms. The van der Waals surface area contributed by atoms with Gasteiger partial charge in [-0.25, -0.2) is 0 Å². The monoisotopic (exact) mass is 427 g/mol. The van der Waals surface area contributed by atoms with Crippen LogP contribution in [0.5, 0.6) is 5.75 Å². The maximum Gasteiger partial charge on any atom is 0.115 e. The van der Waals surface area contributed by atoms with Crippen molar-refractivity contribution in [1.29, 1.82) is 0 Å². The van der Waals surface area contributed by atoms with E-state index in [4.69, 9.17) is 23.2 Å². The van der Waals surface area contributed by atoms with Crippen molar-refractivity contribution in [2.75, 3.05) is 20.1 Å². The van der Waals surface area contributed by atoms with Crippen LogP contribution in [-0.2, 0) is 6.42 Å². The Morgan fingerprint density at radius 2 is 1.55 bits per heavy atom. The summed E-state index contributed by atoms with van der Waals surface area (Å²) in [7, 11) is 2.17. The van der Waals surface area contributed by atoms with Crippen molar-refractivity contribution in [3.05, 3.63) is 99.0 Å². The molecule has 1 unspecified atom stereocenters. The van der Waals surface area contributed by atoms with Crippen LogP contribution in [0.3, 0.4) is 0 Å². The smallest absolute Gasteiger partial charge is 0.115 e. The normalized spacial score (nSPS) is 12.3. The second-order valence-electron chi connectivity index (χ2n) is 7.64. The van der Waals surface area contributed by atoms with E-state index < -0.39 is 0 Å². The van der Waals surface area contributed by atoms with Crippen molar-refractivity contribution in [2.24, 2.45) is 0 Å². The third kappa shape index (κ3) is 6.24. The molecule has 0 aliphatic rings. The van der Waals surface area contributed by atoms with Crippen LogP contribution in [0.4, 0.5) is 0 Å². The number of aryl methyl sites for hydroxylation is 2. The summed E-state index contributed by atoms with van der Waals surface area (Å²) in [4.78, 5) is 2.38. The first-order valence-electron chi connectivity index (χ1n) is 9.90. The van der Waals surface area contributed by atoms with E-state index in [0.29, 0.717) is 5.75 Å². The summed E-state index contributed by atoms with van der Waals surface area (Å²) in [6.07, 6.45) is 2.06. The highest BCUT2D eigenvalue weighted by Crippen LogP contribution is 2.30. The second-order valence-corrected chi connectivity index (χ2v) is 8.51. The van der Waals surface area contributed by atoms with Crippen molar-refractivity contribution in [2.45, 2.75) is 25.7 Å². The molecule has 3 rings (SSSR count). The summed E-state index contributed by atoms with van der Waals surface area (Å²) in [5.74, 6) is 0.568. The van der Waals surface area contributed by atoms with Gasteiger partial charge in [-0.1, -0.05) is 53.5 Å². The van der Waals surface area contributed by atoms with E-state index in [9.17, 15) is 5.11 Å². The largest absolute Gasteiger partial charge is 0.508 e. The molecule has 4 heteroatoms. The van der Waals surface area contributed by atoms with Crippen LogP contribution in [0.25, 0.3) is 0 Å². The van der Waals surface area contributed by atoms with Gasteiger partial charge < -0.3 is 10.0 Å². The van der Waals surface area contributed by atoms with Gasteiger partial charge in [-0.15, -0.1) is 0 Å². The fourth-order valence-corrected chi connectivity index (χ4v) is 4.08. The number of phenolic OH excluding ortho intramolecular Hbond substituents is 1. The summed E-state index contributed by atoms with van der Waals surface area (Å²) in [5, 5.41) is 10.9. The van der Waals surface area contributed by atoms with Crippen molar-refractivity contribution >= 4 is 23.2 Å². The Kier molecular flexibility index (Phi) is 7.60. The molecule has 0 amide bonds. The highest BCUT2D eigenvalue weighted by Gasteiger charge is 2.18. The molecule has 0 radical (unpaired) electrons. The lowest BCUT2D eigenvalue weighted by Gasteiger charge is -2.26. The van der Waals surface area contributed by atoms with Crippen molar-refractivity contribution in [1.82, 2.24) is 4.90 Å². The van der Waals surface area contributed by atoms with Gasteiger partial charge in [0, 0.05) is 22.5 Å². The van der Waals surface area contributed by atoms with Crippen molar-refractivity contribution in [3.63, 3.8) is 0 Å². The number of nitrogens with zero attached hydrogens (tertiary/aromatic N) is 1. The Morgan fingerprint density at radius 3 is 2.21 bits per heavy atom. The zero-order valence-electron chi connectivity index (χ0n) is 16.9. The third-order valence-electron chi connectivity index (χ3n) is 5.32. The van der Waals surface area contributed by atoms with Crippen LogP contribution in [-0.4, -0.2) is 30.1 Å². The molecule has 1 N–H and O–H groups in total. The molecule has 0 aliphatic heterocycles. The Balaban J connectivity index is 1.70. The minimum Gasteiger partial charge on any atom is -0.508 e. The molecule has 0 bridgehead atoms. The zero-order valence-corrected chi connectivity index (χ0v) is 18.4. The van der Waals surface area contributed by atoms with E-state index in [1.165, 1.54) is 22.3 Å². The standard InChI is InChI=1S/C25H27Cl2NO/c1-18-16-22(27)11-14-24(18)25(20-7-9-21(26)10-8-20)17-28(2)15-3-4-19-5-12-23(29)13-6-19/h5-14,16,25,29H,3-4,15,17H2,1-2H3. The van der Waals surface area contributed by atoms with Gasteiger partial charge in [-0.05, 0) is 92.0 Å². The summed E-state index contributed by atoms with van der Waals surface area (Å²) in [5.41, 5.74) is 5.00. The lowest BCUT2D eigenvalue weighted by molar-refractivity contribution is 0.318. The first-order valence-corrected chi connectivity index (χ1v) is 10.7. The highest BCUT2D eigenvalue weighted by atomic mass is 35.5. The van der Waals surface area contributed by atoms with E-state index in [1.54, 1.807) is 12.1 Å². The number of benzene rings is 3. The second kappa shape index (κ2) is 10.2. The van der Waals surface area contributed by atoms with Crippen LogP contribution in [0.15, 0.2) is 66.7 Å². The molecular formula is C25H27Cl2NO. The molecule has 3 aromatic carbocycles. The molecule has 0 heterocycles. The van der Waals surface area contributed by atoms with Crippen molar-refractivity contribution in [3.8, 4) is 5.75 Å². The molecule has 0 saturated carbocycles. The van der Waals surface area contributed by atoms with E-state index in [1.807, 2.05) is 36.4 Å². The van der Waals surface area contributed by atoms with Crippen LogP contribution in [0.2, 0.25) is 10.0 Å². The van der Waals surface area contributed by atoms with Crippen LogP contribution in [0.1, 0.15) is 34.6 Å². The fourth-order valence-electron chi connectivity index (χ4n) is 3.73. The number of halogens is 2. The van der Waals surface area contributed by atoms with Gasteiger partial charge in [0.2, 0.25) is 0 Å². The van der Waals surface area contributed by atoms with Crippen LogP contribution >= 0.6 is 23.2 Å². The molecule has 3 aromatic rings. The minimum absolute atomic E-state index is 0.253. The maximum atomic E-state index is 9.42. The summed E-state index contributed by atoms with van der Waals surface area (Å²) < 4.78 is 0. The first kappa shape index (κ1) is 21.7. The molecule has 0 saturated heterocycles. The van der Waals surface area contributed by atoms with Gasteiger partial charge in [0.1, 0.15) is 5.75 Å². The third-order valence-corrected chi connectivity index (χ3v) is 5.80. The molecule has 152 valence electrons. The lowest BCUT2D eigenvalue weighted by Crippen LogP contribution is -2.27. The number of aromatic hydroxyl groups is 1. The van der Waals surface area contributed by atoms with E-state index in [-0.39, 0.29) is 5.92 Å². The van der Waals surface area contributed by atoms with Gasteiger partial charge in [0.25, 0.3) is 0 Å². The molecule has 0 aliphatic carbocycles. The molecular weight excluding hydrogens is 401 g/mol. The zero-order chi connectivity index (χ0) is 20.8. The molecule has 0 fully saturated rings. The Hall–Kier alpha value is -2.00. The number of hydrogen-bond acceptors (Lipinski definition) is 2. The van der Waals surface area contributed by atoms with E-state index in [2.05, 4.69) is 37.1 Å². The van der Waals surface area contributed by atoms with Crippen LogP contribution < -0.4 is 0 Å². The predicted octanol–water partition coefficient (Wildman–Crippen LogP) is 6.70. The summed E-state index contributed by atoms with van der Waals surface area (Å²) in [6.45, 7) is 4.03. The van der Waals surface area contributed by atoms with Crippen molar-refractivity contribution < 1.29 is 5.11 Å². The number of phenols is 1. The Bertz CT molecular complexity index is 923. The number of likely N-dealkylation sites (N-methyl/N-ethyl adjacent to an activating group) is 1. The quantitative estimate of drug-likeness (QED) is 0.431. The molecule has 0 aromatic heterocycles. The lowest BCUT2D eigenvalue weighted by atomic mass is 9.88. The van der Waals surface area contributed by atoms with Gasteiger partial charge in [-0.3, -0.25) is 0 Å². The average molecular weight is 428 g/mol. The topological polar surface area (TPSA) is 23.5 Å². The Labute approximate surface area is 183 Å². The van der Waals surface area contributed by atoms with E-state index >= 15 is 0 Å². The fraction of sp³-hybridized carbons (Fsp3) is 0.280. The molecule has 2 nitrogen and oxygen atoms in total. The first-order chi connectivity index (χ1) is 13.9. The van der Waals surface area contributed by atoms with Gasteiger partial charge in [-0.2, -0.15) is 0 Å². The maximum absolute atomic E-state index is 9.42. The Morgan fingerprint density at radius 1 is 0.897 bits per heavy atom. The molecule has 1 atom stereocenters. The average Bonchev–Trinajstić information content (AvgIpc) is 2.69. The predicted molar refractivity (Wildman–Crippen MR) is 123 cm³/mol. The molecule has 29 heavy (non-hydrogen) atoms. The highest BCUT2D eigenvalue weighted by molar-refractivity contribution is 6.30. The van der Waals surface area contributed by atoms with Gasteiger partial charge >= 0.3 is 0 Å². The van der Waals surface area contributed by atoms with E-state index in [0.717, 1.165) is 36.0 Å². The summed E-state index contributed by atoms with van der Waals surface area (Å²) >= 11 is 12.3.